The summed E-state index contributed by atoms with van der Waals surface area (Å²) in [6.45, 7) is 8.96. The number of rotatable bonds is 7. The second-order valence-electron chi connectivity index (χ2n) is 5.04. The van der Waals surface area contributed by atoms with E-state index in [0.29, 0.717) is 0 Å². The van der Waals surface area contributed by atoms with Crippen LogP contribution in [0, 0.1) is 20.8 Å². The van der Waals surface area contributed by atoms with Crippen molar-refractivity contribution < 1.29 is 0 Å². The lowest BCUT2D eigenvalue weighted by molar-refractivity contribution is 0.659. The Morgan fingerprint density at radius 1 is 0.882 bits per heavy atom. The van der Waals surface area contributed by atoms with Crippen molar-refractivity contribution in [2.75, 3.05) is 6.16 Å². The van der Waals surface area contributed by atoms with Crippen LogP contribution in [0.2, 0.25) is 0 Å². The maximum absolute atomic E-state index is 2.31. The quantitative estimate of drug-likeness (QED) is 0.463. The van der Waals surface area contributed by atoms with Crippen molar-refractivity contribution in [2.45, 2.75) is 59.8 Å². The minimum absolute atomic E-state index is 1.33. The van der Waals surface area contributed by atoms with Gasteiger partial charge in [-0.2, -0.15) is 0 Å². The number of aryl methyl sites for hydroxylation is 3. The van der Waals surface area contributed by atoms with Crippen LogP contribution >= 0.6 is 8.58 Å². The molecule has 0 nitrogen and oxygen atoms in total. The zero-order valence-electron chi connectivity index (χ0n) is 11.8. The van der Waals surface area contributed by atoms with Crippen LogP contribution in [0.25, 0.3) is 0 Å². The molecule has 0 N–H and O–H groups in total. The molecule has 0 aromatic heterocycles. The molecule has 0 fully saturated rings. The average Bonchev–Trinajstić information content (AvgIpc) is 2.26. The van der Waals surface area contributed by atoms with Gasteiger partial charge in [-0.1, -0.05) is 50.3 Å². The first kappa shape index (κ1) is 14.7. The SMILES string of the molecule is CCCCCCC[P]c1c(C)cc(C)cc1C. The summed E-state index contributed by atoms with van der Waals surface area (Å²) in [5.74, 6) is 0. The lowest BCUT2D eigenvalue weighted by atomic mass is 10.1. The highest BCUT2D eigenvalue weighted by molar-refractivity contribution is 7.47. The Morgan fingerprint density at radius 2 is 1.47 bits per heavy atom. The number of hydrogen-bond donors (Lipinski definition) is 0. The molecule has 0 amide bonds. The van der Waals surface area contributed by atoms with Gasteiger partial charge < -0.3 is 0 Å². The molecule has 0 bridgehead atoms. The molecule has 0 aliphatic rings. The van der Waals surface area contributed by atoms with Gasteiger partial charge in [0.1, 0.15) is 0 Å². The molecular formula is C16H26P. The van der Waals surface area contributed by atoms with E-state index < -0.39 is 0 Å². The van der Waals surface area contributed by atoms with E-state index in [9.17, 15) is 0 Å². The topological polar surface area (TPSA) is 0 Å². The maximum Gasteiger partial charge on any atom is -0.0135 e. The van der Waals surface area contributed by atoms with Crippen molar-refractivity contribution in [3.63, 3.8) is 0 Å². The molecule has 1 heteroatoms. The van der Waals surface area contributed by atoms with E-state index in [2.05, 4.69) is 39.8 Å². The van der Waals surface area contributed by atoms with Crippen LogP contribution in [0.15, 0.2) is 12.1 Å². The summed E-state index contributed by atoms with van der Waals surface area (Å²) in [4.78, 5) is 0. The van der Waals surface area contributed by atoms with Crippen LogP contribution in [0.3, 0.4) is 0 Å². The van der Waals surface area contributed by atoms with E-state index in [1.165, 1.54) is 63.5 Å². The first-order valence-electron chi connectivity index (χ1n) is 6.90. The molecule has 1 rings (SSSR count). The molecule has 1 radical (unpaired) electrons. The Hall–Kier alpha value is -0.350. The molecule has 1 aromatic carbocycles. The smallest absolute Gasteiger partial charge is 0.0135 e. The van der Waals surface area contributed by atoms with Crippen molar-refractivity contribution in [3.8, 4) is 0 Å². The Morgan fingerprint density at radius 3 is 2.06 bits per heavy atom. The van der Waals surface area contributed by atoms with Crippen LogP contribution in [-0.2, 0) is 0 Å². The van der Waals surface area contributed by atoms with E-state index in [4.69, 9.17) is 0 Å². The van der Waals surface area contributed by atoms with Crippen LogP contribution in [-0.4, -0.2) is 6.16 Å². The van der Waals surface area contributed by atoms with Gasteiger partial charge in [0.15, 0.2) is 0 Å². The van der Waals surface area contributed by atoms with E-state index in [0.717, 1.165) is 0 Å². The lowest BCUT2D eigenvalue weighted by Crippen LogP contribution is -2.06. The van der Waals surface area contributed by atoms with Crippen molar-refractivity contribution in [2.24, 2.45) is 0 Å². The summed E-state index contributed by atoms with van der Waals surface area (Å²) in [6, 6.07) is 4.62. The second kappa shape index (κ2) is 7.88. The highest BCUT2D eigenvalue weighted by Crippen LogP contribution is 2.20. The fraction of sp³-hybridized carbons (Fsp3) is 0.625. The minimum Gasteiger partial charge on any atom is -0.0654 e. The van der Waals surface area contributed by atoms with Crippen LogP contribution in [0.1, 0.15) is 55.7 Å². The van der Waals surface area contributed by atoms with Crippen LogP contribution in [0.4, 0.5) is 0 Å². The third-order valence-electron chi connectivity index (χ3n) is 3.17. The third-order valence-corrected chi connectivity index (χ3v) is 4.73. The molecule has 0 unspecified atom stereocenters. The normalized spacial score (nSPS) is 11.5. The lowest BCUT2D eigenvalue weighted by Gasteiger charge is -2.10. The summed E-state index contributed by atoms with van der Waals surface area (Å²) < 4.78 is 0. The number of unbranched alkanes of at least 4 members (excludes halogenated alkanes) is 4. The predicted molar refractivity (Wildman–Crippen MR) is 80.8 cm³/mol. The molecule has 1 aromatic rings. The predicted octanol–water partition coefficient (Wildman–Crippen LogP) is 5.15. The molecule has 0 aliphatic carbocycles. The van der Waals surface area contributed by atoms with Gasteiger partial charge in [0, 0.05) is 0 Å². The Labute approximate surface area is 109 Å². The molecule has 0 saturated heterocycles. The van der Waals surface area contributed by atoms with Crippen molar-refractivity contribution in [1.82, 2.24) is 0 Å². The molecule has 0 heterocycles. The Kier molecular flexibility index (Phi) is 6.82. The molecule has 95 valence electrons. The highest BCUT2D eigenvalue weighted by Gasteiger charge is 2.04. The molecule has 17 heavy (non-hydrogen) atoms. The van der Waals surface area contributed by atoms with E-state index in [-0.39, 0.29) is 0 Å². The minimum atomic E-state index is 1.33. The van der Waals surface area contributed by atoms with E-state index in [1.54, 1.807) is 5.30 Å². The standard InChI is InChI=1S/C16H26P/c1-5-6-7-8-9-10-17-16-14(3)11-13(2)12-15(16)4/h11-12H,5-10H2,1-4H3. The summed E-state index contributed by atoms with van der Waals surface area (Å²) in [6.07, 6.45) is 8.28. The zero-order chi connectivity index (χ0) is 12.7. The maximum atomic E-state index is 2.31. The summed E-state index contributed by atoms with van der Waals surface area (Å²) in [5.41, 5.74) is 4.33. The Bertz CT molecular complexity index is 318. The van der Waals surface area contributed by atoms with Gasteiger partial charge in [0.2, 0.25) is 0 Å². The second-order valence-corrected chi connectivity index (χ2v) is 6.25. The first-order chi connectivity index (χ1) is 8.15. The summed E-state index contributed by atoms with van der Waals surface area (Å²) in [5, 5.41) is 1.56. The molecule has 0 spiro atoms. The summed E-state index contributed by atoms with van der Waals surface area (Å²) in [7, 11) is 1.53. The van der Waals surface area contributed by atoms with Crippen LogP contribution < -0.4 is 5.30 Å². The molecule has 0 saturated carbocycles. The van der Waals surface area contributed by atoms with Crippen LogP contribution in [0.5, 0.6) is 0 Å². The summed E-state index contributed by atoms with van der Waals surface area (Å²) >= 11 is 0. The van der Waals surface area contributed by atoms with Gasteiger partial charge in [-0.3, -0.25) is 0 Å². The Balaban J connectivity index is 2.36. The number of hydrogen-bond acceptors (Lipinski definition) is 0. The largest absolute Gasteiger partial charge is 0.0654 e. The van der Waals surface area contributed by atoms with Crippen molar-refractivity contribution in [1.29, 1.82) is 0 Å². The van der Waals surface area contributed by atoms with E-state index in [1.807, 2.05) is 0 Å². The average molecular weight is 249 g/mol. The van der Waals surface area contributed by atoms with Gasteiger partial charge in [0.05, 0.1) is 0 Å². The molecule has 0 aliphatic heterocycles. The van der Waals surface area contributed by atoms with Gasteiger partial charge in [-0.15, -0.1) is 0 Å². The zero-order valence-corrected chi connectivity index (χ0v) is 12.7. The third kappa shape index (κ3) is 5.21. The number of benzene rings is 1. The molecule has 0 atom stereocenters. The molecular weight excluding hydrogens is 223 g/mol. The first-order valence-corrected chi connectivity index (χ1v) is 7.98. The highest BCUT2D eigenvalue weighted by atomic mass is 31.1. The van der Waals surface area contributed by atoms with Crippen molar-refractivity contribution >= 4 is 13.9 Å². The van der Waals surface area contributed by atoms with Gasteiger partial charge in [0.25, 0.3) is 0 Å². The van der Waals surface area contributed by atoms with Gasteiger partial charge >= 0.3 is 0 Å². The van der Waals surface area contributed by atoms with Gasteiger partial charge in [-0.05, 0) is 58.4 Å². The van der Waals surface area contributed by atoms with E-state index >= 15 is 0 Å². The fourth-order valence-electron chi connectivity index (χ4n) is 2.33. The van der Waals surface area contributed by atoms with Gasteiger partial charge in [-0.25, -0.2) is 0 Å². The van der Waals surface area contributed by atoms with Crippen molar-refractivity contribution in [3.05, 3.63) is 28.8 Å². The fourth-order valence-corrected chi connectivity index (χ4v) is 3.56. The monoisotopic (exact) mass is 249 g/mol.